The topological polar surface area (TPSA) is 85.8 Å². The lowest BCUT2D eigenvalue weighted by molar-refractivity contribution is -0.128. The first-order chi connectivity index (χ1) is 12.5. The minimum absolute atomic E-state index is 0.00951. The van der Waals surface area contributed by atoms with Crippen molar-refractivity contribution in [2.24, 2.45) is 5.92 Å². The highest BCUT2D eigenvalue weighted by molar-refractivity contribution is 5.94. The standard InChI is InChI=1S/C19H28N4O3/c1-14(24)11-20-17-5-4-16(12-21-17)19(26)22-9-6-15(7-10-22)13-23-8-2-3-18(23)25/h4-5,12,14-15,24H,2-3,6-11,13H2,1H3,(H,20,21)/t14-/m0/s1. The number of aliphatic hydroxyl groups excluding tert-OH is 1. The molecule has 2 N–H and O–H groups in total. The first kappa shape index (κ1) is 18.6. The maximum absolute atomic E-state index is 12.6. The van der Waals surface area contributed by atoms with Crippen molar-refractivity contribution in [2.75, 3.05) is 38.0 Å². The molecule has 1 aromatic heterocycles. The molecule has 3 rings (SSSR count). The van der Waals surface area contributed by atoms with Crippen LogP contribution in [-0.4, -0.2) is 70.5 Å². The first-order valence-corrected chi connectivity index (χ1v) is 9.48. The van der Waals surface area contributed by atoms with E-state index in [2.05, 4.69) is 10.3 Å². The molecule has 0 spiro atoms. The van der Waals surface area contributed by atoms with E-state index < -0.39 is 6.10 Å². The number of aromatic nitrogens is 1. The van der Waals surface area contributed by atoms with Gasteiger partial charge in [-0.25, -0.2) is 4.98 Å². The predicted molar refractivity (Wildman–Crippen MR) is 98.8 cm³/mol. The zero-order valence-corrected chi connectivity index (χ0v) is 15.4. The van der Waals surface area contributed by atoms with Crippen molar-refractivity contribution in [3.05, 3.63) is 23.9 Å². The van der Waals surface area contributed by atoms with Gasteiger partial charge in [0.15, 0.2) is 0 Å². The van der Waals surface area contributed by atoms with Crippen molar-refractivity contribution in [3.8, 4) is 0 Å². The van der Waals surface area contributed by atoms with Gasteiger partial charge >= 0.3 is 0 Å². The van der Waals surface area contributed by atoms with Gasteiger partial charge < -0.3 is 20.2 Å². The van der Waals surface area contributed by atoms with Gasteiger partial charge in [-0.2, -0.15) is 0 Å². The quantitative estimate of drug-likeness (QED) is 0.800. The van der Waals surface area contributed by atoms with Crippen LogP contribution >= 0.6 is 0 Å². The van der Waals surface area contributed by atoms with Gasteiger partial charge in [-0.15, -0.1) is 0 Å². The van der Waals surface area contributed by atoms with Gasteiger partial charge in [0.2, 0.25) is 5.91 Å². The fourth-order valence-corrected chi connectivity index (χ4v) is 3.59. The summed E-state index contributed by atoms with van der Waals surface area (Å²) in [5.74, 6) is 1.43. The summed E-state index contributed by atoms with van der Waals surface area (Å²) in [6, 6.07) is 3.54. The SMILES string of the molecule is C[C@H](O)CNc1ccc(C(=O)N2CCC(CN3CCCC3=O)CC2)cn1. The van der Waals surface area contributed by atoms with Crippen molar-refractivity contribution in [2.45, 2.75) is 38.7 Å². The smallest absolute Gasteiger partial charge is 0.255 e. The van der Waals surface area contributed by atoms with E-state index in [4.69, 9.17) is 0 Å². The van der Waals surface area contributed by atoms with E-state index >= 15 is 0 Å². The number of piperidine rings is 1. The number of rotatable bonds is 6. The Balaban J connectivity index is 1.47. The van der Waals surface area contributed by atoms with Crippen LogP contribution in [0.25, 0.3) is 0 Å². The van der Waals surface area contributed by atoms with E-state index in [1.807, 2.05) is 9.80 Å². The van der Waals surface area contributed by atoms with Crippen LogP contribution in [0.3, 0.4) is 0 Å². The fourth-order valence-electron chi connectivity index (χ4n) is 3.59. The van der Waals surface area contributed by atoms with Gasteiger partial charge in [-0.05, 0) is 44.2 Å². The van der Waals surface area contributed by atoms with Crippen molar-refractivity contribution < 1.29 is 14.7 Å². The molecule has 142 valence electrons. The van der Waals surface area contributed by atoms with E-state index in [0.29, 0.717) is 30.3 Å². The van der Waals surface area contributed by atoms with Crippen molar-refractivity contribution in [1.82, 2.24) is 14.8 Å². The van der Waals surface area contributed by atoms with Crippen LogP contribution in [0.15, 0.2) is 18.3 Å². The third-order valence-corrected chi connectivity index (χ3v) is 5.14. The average molecular weight is 360 g/mol. The second kappa shape index (κ2) is 8.49. The fraction of sp³-hybridized carbons (Fsp3) is 0.632. The predicted octanol–water partition coefficient (Wildman–Crippen LogP) is 1.35. The normalized spacial score (nSPS) is 19.7. The molecule has 0 bridgehead atoms. The molecule has 0 aromatic carbocycles. The number of hydrogen-bond acceptors (Lipinski definition) is 5. The molecule has 7 nitrogen and oxygen atoms in total. The van der Waals surface area contributed by atoms with Crippen LogP contribution in [0, 0.1) is 5.92 Å². The highest BCUT2D eigenvalue weighted by atomic mass is 16.3. The zero-order chi connectivity index (χ0) is 18.5. The molecule has 2 aliphatic heterocycles. The van der Waals surface area contributed by atoms with E-state index in [1.54, 1.807) is 25.3 Å². The number of amides is 2. The van der Waals surface area contributed by atoms with Crippen LogP contribution in [0.5, 0.6) is 0 Å². The van der Waals surface area contributed by atoms with E-state index in [0.717, 1.165) is 45.4 Å². The summed E-state index contributed by atoms with van der Waals surface area (Å²) in [5.41, 5.74) is 0.584. The lowest BCUT2D eigenvalue weighted by Crippen LogP contribution is -2.41. The third kappa shape index (κ3) is 4.72. The Bertz CT molecular complexity index is 624. The molecule has 2 amide bonds. The Kier molecular flexibility index (Phi) is 6.08. The van der Waals surface area contributed by atoms with Gasteiger partial charge in [0.05, 0.1) is 11.7 Å². The van der Waals surface area contributed by atoms with Crippen LogP contribution in [0.2, 0.25) is 0 Å². The third-order valence-electron chi connectivity index (χ3n) is 5.14. The molecule has 2 saturated heterocycles. The van der Waals surface area contributed by atoms with Gasteiger partial charge in [0, 0.05) is 45.3 Å². The summed E-state index contributed by atoms with van der Waals surface area (Å²) in [6.45, 7) is 5.31. The number of likely N-dealkylation sites (tertiary alicyclic amines) is 2. The monoisotopic (exact) mass is 360 g/mol. The number of anilines is 1. The van der Waals surface area contributed by atoms with Crippen LogP contribution in [0.1, 0.15) is 43.0 Å². The minimum atomic E-state index is -0.449. The lowest BCUT2D eigenvalue weighted by Gasteiger charge is -2.34. The molecule has 3 heterocycles. The largest absolute Gasteiger partial charge is 0.392 e. The summed E-state index contributed by atoms with van der Waals surface area (Å²) in [5, 5.41) is 12.3. The minimum Gasteiger partial charge on any atom is -0.392 e. The van der Waals surface area contributed by atoms with E-state index in [9.17, 15) is 14.7 Å². The van der Waals surface area contributed by atoms with Gasteiger partial charge in [0.25, 0.3) is 5.91 Å². The summed E-state index contributed by atoms with van der Waals surface area (Å²) < 4.78 is 0. The number of aliphatic hydroxyl groups is 1. The van der Waals surface area contributed by atoms with Crippen LogP contribution < -0.4 is 5.32 Å². The van der Waals surface area contributed by atoms with Crippen molar-refractivity contribution in [3.63, 3.8) is 0 Å². The molecule has 0 unspecified atom stereocenters. The highest BCUT2D eigenvalue weighted by Crippen LogP contribution is 2.22. The molecule has 26 heavy (non-hydrogen) atoms. The number of pyridine rings is 1. The Hall–Kier alpha value is -2.15. The Morgan fingerprint density at radius 3 is 2.69 bits per heavy atom. The van der Waals surface area contributed by atoms with Gasteiger partial charge in [-0.3, -0.25) is 9.59 Å². The maximum Gasteiger partial charge on any atom is 0.255 e. The number of hydrogen-bond donors (Lipinski definition) is 2. The summed E-state index contributed by atoms with van der Waals surface area (Å²) in [6.07, 6.45) is 4.68. The summed E-state index contributed by atoms with van der Waals surface area (Å²) in [7, 11) is 0. The maximum atomic E-state index is 12.6. The van der Waals surface area contributed by atoms with Crippen LogP contribution in [0.4, 0.5) is 5.82 Å². The Morgan fingerprint density at radius 2 is 2.12 bits per heavy atom. The second-order valence-electron chi connectivity index (χ2n) is 7.34. The number of carbonyl (C=O) groups excluding carboxylic acids is 2. The highest BCUT2D eigenvalue weighted by Gasteiger charge is 2.28. The molecule has 7 heteroatoms. The van der Waals surface area contributed by atoms with E-state index in [-0.39, 0.29) is 11.8 Å². The molecule has 0 aliphatic carbocycles. The Labute approximate surface area is 154 Å². The zero-order valence-electron chi connectivity index (χ0n) is 15.4. The van der Waals surface area contributed by atoms with E-state index in [1.165, 1.54) is 0 Å². The van der Waals surface area contributed by atoms with Crippen LogP contribution in [-0.2, 0) is 4.79 Å². The number of nitrogens with zero attached hydrogens (tertiary/aromatic N) is 3. The average Bonchev–Trinajstić information content (AvgIpc) is 3.05. The van der Waals surface area contributed by atoms with Crippen molar-refractivity contribution >= 4 is 17.6 Å². The number of carbonyl (C=O) groups is 2. The number of nitrogens with one attached hydrogen (secondary N) is 1. The molecule has 1 aromatic rings. The summed E-state index contributed by atoms with van der Waals surface area (Å²) >= 11 is 0. The van der Waals surface area contributed by atoms with Gasteiger partial charge in [0.1, 0.15) is 5.82 Å². The second-order valence-corrected chi connectivity index (χ2v) is 7.34. The molecule has 0 saturated carbocycles. The molecule has 1 atom stereocenters. The lowest BCUT2D eigenvalue weighted by atomic mass is 9.96. The molecule has 0 radical (unpaired) electrons. The first-order valence-electron chi connectivity index (χ1n) is 9.48. The molecular weight excluding hydrogens is 332 g/mol. The molecule has 2 fully saturated rings. The van der Waals surface area contributed by atoms with Gasteiger partial charge in [-0.1, -0.05) is 0 Å². The molecule has 2 aliphatic rings. The van der Waals surface area contributed by atoms with Crippen molar-refractivity contribution in [1.29, 1.82) is 0 Å². The summed E-state index contributed by atoms with van der Waals surface area (Å²) in [4.78, 5) is 32.5. The Morgan fingerprint density at radius 1 is 1.35 bits per heavy atom. The molecular formula is C19H28N4O3.